The van der Waals surface area contributed by atoms with Crippen LogP contribution in [0.5, 0.6) is 0 Å². The van der Waals surface area contributed by atoms with Crippen molar-refractivity contribution in [2.75, 3.05) is 6.61 Å². The smallest absolute Gasteiger partial charge is 0.268 e. The Bertz CT molecular complexity index is 504. The Hall–Kier alpha value is -1.67. The molecule has 0 amide bonds. The summed E-state index contributed by atoms with van der Waals surface area (Å²) in [5.74, 6) is 0.563. The molecule has 1 fully saturated rings. The average Bonchev–Trinajstić information content (AvgIpc) is 2.40. The molecule has 0 unspecified atom stereocenters. The Kier molecular flexibility index (Phi) is 3.78. The molecule has 5 heteroatoms. The molecule has 96 valence electrons. The number of rotatable bonds is 3. The molecule has 0 aliphatic heterocycles. The van der Waals surface area contributed by atoms with Gasteiger partial charge in [-0.2, -0.15) is 5.26 Å². The number of nitrogens with one attached hydrogen (secondary N) is 1. The molecule has 18 heavy (non-hydrogen) atoms. The van der Waals surface area contributed by atoms with Crippen molar-refractivity contribution in [2.45, 2.75) is 44.6 Å². The van der Waals surface area contributed by atoms with Gasteiger partial charge in [-0.15, -0.1) is 0 Å². The van der Waals surface area contributed by atoms with Crippen molar-refractivity contribution in [3.63, 3.8) is 0 Å². The number of aromatic nitrogens is 2. The van der Waals surface area contributed by atoms with Gasteiger partial charge in [0.2, 0.25) is 0 Å². The molecule has 2 rings (SSSR count). The largest absolute Gasteiger partial charge is 0.367 e. The van der Waals surface area contributed by atoms with Gasteiger partial charge in [0.25, 0.3) is 5.56 Å². The van der Waals surface area contributed by atoms with E-state index in [2.05, 4.69) is 9.97 Å². The Morgan fingerprint density at radius 3 is 2.78 bits per heavy atom. The van der Waals surface area contributed by atoms with E-state index in [0.717, 1.165) is 25.7 Å². The van der Waals surface area contributed by atoms with Gasteiger partial charge < -0.3 is 9.72 Å². The maximum absolute atomic E-state index is 11.7. The minimum absolute atomic E-state index is 0.0428. The predicted octanol–water partition coefficient (Wildman–Crippen LogP) is 1.84. The molecule has 1 aromatic rings. The highest BCUT2D eigenvalue weighted by atomic mass is 16.5. The molecule has 5 nitrogen and oxygen atoms in total. The van der Waals surface area contributed by atoms with Gasteiger partial charge in [0.05, 0.1) is 6.20 Å². The van der Waals surface area contributed by atoms with Crippen molar-refractivity contribution in [1.29, 1.82) is 5.26 Å². The first-order valence-corrected chi connectivity index (χ1v) is 6.36. The second-order valence-electron chi connectivity index (χ2n) is 4.57. The van der Waals surface area contributed by atoms with Crippen LogP contribution >= 0.6 is 0 Å². The average molecular weight is 247 g/mol. The molecule has 1 aromatic heterocycles. The third-order valence-electron chi connectivity index (χ3n) is 3.43. The lowest BCUT2D eigenvalue weighted by atomic mass is 9.84. The standard InChI is InChI=1S/C13H17N3O2/c1-2-18-13(6-4-3-5-7-13)12-15-9-10(8-14)11(17)16-12/h9H,2-7H2,1H3,(H,15,16,17). The molecule has 1 aliphatic rings. The van der Waals surface area contributed by atoms with Crippen LogP contribution in [0.2, 0.25) is 0 Å². The number of aromatic amines is 1. The highest BCUT2D eigenvalue weighted by molar-refractivity contribution is 5.23. The Morgan fingerprint density at radius 2 is 2.22 bits per heavy atom. The van der Waals surface area contributed by atoms with Crippen molar-refractivity contribution in [3.05, 3.63) is 27.9 Å². The van der Waals surface area contributed by atoms with Gasteiger partial charge in [0.15, 0.2) is 0 Å². The van der Waals surface area contributed by atoms with Crippen LogP contribution < -0.4 is 5.56 Å². The molecule has 1 heterocycles. The van der Waals surface area contributed by atoms with Crippen LogP contribution in [0.25, 0.3) is 0 Å². The fraction of sp³-hybridized carbons (Fsp3) is 0.615. The summed E-state index contributed by atoms with van der Waals surface area (Å²) in [5, 5.41) is 8.75. The second kappa shape index (κ2) is 5.32. The van der Waals surface area contributed by atoms with Crippen molar-refractivity contribution < 1.29 is 4.74 Å². The third-order valence-corrected chi connectivity index (χ3v) is 3.43. The quantitative estimate of drug-likeness (QED) is 0.883. The monoisotopic (exact) mass is 247 g/mol. The lowest BCUT2D eigenvalue weighted by Crippen LogP contribution is -2.36. The van der Waals surface area contributed by atoms with E-state index in [1.54, 1.807) is 0 Å². The molecule has 0 atom stereocenters. The molecule has 0 bridgehead atoms. The number of ether oxygens (including phenoxy) is 1. The van der Waals surface area contributed by atoms with Crippen molar-refractivity contribution in [1.82, 2.24) is 9.97 Å². The zero-order valence-corrected chi connectivity index (χ0v) is 10.5. The van der Waals surface area contributed by atoms with Gasteiger partial charge in [-0.1, -0.05) is 19.3 Å². The van der Waals surface area contributed by atoms with Crippen molar-refractivity contribution >= 4 is 0 Å². The Labute approximate surface area is 106 Å². The zero-order valence-electron chi connectivity index (χ0n) is 10.5. The molecule has 0 spiro atoms. The van der Waals surface area contributed by atoms with E-state index in [0.29, 0.717) is 12.4 Å². The molecule has 0 saturated heterocycles. The molecule has 1 N–H and O–H groups in total. The lowest BCUT2D eigenvalue weighted by molar-refractivity contribution is -0.0768. The number of hydrogen-bond acceptors (Lipinski definition) is 4. The first-order valence-electron chi connectivity index (χ1n) is 6.36. The maximum Gasteiger partial charge on any atom is 0.268 e. The predicted molar refractivity (Wildman–Crippen MR) is 66.0 cm³/mol. The highest BCUT2D eigenvalue weighted by Gasteiger charge is 2.37. The van der Waals surface area contributed by atoms with Gasteiger partial charge >= 0.3 is 0 Å². The topological polar surface area (TPSA) is 78.8 Å². The second-order valence-corrected chi connectivity index (χ2v) is 4.57. The van der Waals surface area contributed by atoms with Crippen LogP contribution in [0.1, 0.15) is 50.4 Å². The van der Waals surface area contributed by atoms with E-state index in [1.807, 2.05) is 13.0 Å². The first kappa shape index (κ1) is 12.8. The first-order chi connectivity index (χ1) is 8.72. The molecule has 1 aliphatic carbocycles. The van der Waals surface area contributed by atoms with E-state index >= 15 is 0 Å². The summed E-state index contributed by atoms with van der Waals surface area (Å²) in [6, 6.07) is 1.82. The lowest BCUT2D eigenvalue weighted by Gasteiger charge is -2.35. The van der Waals surface area contributed by atoms with Crippen molar-refractivity contribution in [2.24, 2.45) is 0 Å². The van der Waals surface area contributed by atoms with Crippen molar-refractivity contribution in [3.8, 4) is 6.07 Å². The van der Waals surface area contributed by atoms with E-state index < -0.39 is 5.60 Å². The normalized spacial score (nSPS) is 18.2. The van der Waals surface area contributed by atoms with Crippen LogP contribution in [-0.4, -0.2) is 16.6 Å². The summed E-state index contributed by atoms with van der Waals surface area (Å²) in [4.78, 5) is 18.6. The van der Waals surface area contributed by atoms with E-state index in [-0.39, 0.29) is 11.1 Å². The van der Waals surface area contributed by atoms with Crippen LogP contribution in [0.4, 0.5) is 0 Å². The van der Waals surface area contributed by atoms with Gasteiger partial charge in [-0.25, -0.2) is 4.98 Å². The van der Waals surface area contributed by atoms with Gasteiger partial charge in [0.1, 0.15) is 23.1 Å². The minimum Gasteiger partial charge on any atom is -0.367 e. The van der Waals surface area contributed by atoms with Gasteiger partial charge in [-0.05, 0) is 19.8 Å². The summed E-state index contributed by atoms with van der Waals surface area (Å²) < 4.78 is 5.87. The van der Waals surface area contributed by atoms with E-state index in [9.17, 15) is 4.79 Å². The minimum atomic E-state index is -0.472. The van der Waals surface area contributed by atoms with Crippen LogP contribution in [0.3, 0.4) is 0 Å². The van der Waals surface area contributed by atoms with Gasteiger partial charge in [0, 0.05) is 6.61 Å². The molecular formula is C13H17N3O2. The summed E-state index contributed by atoms with van der Waals surface area (Å²) in [7, 11) is 0. The summed E-state index contributed by atoms with van der Waals surface area (Å²) in [5.41, 5.74) is -0.812. The highest BCUT2D eigenvalue weighted by Crippen LogP contribution is 2.38. The molecular weight excluding hydrogens is 230 g/mol. The Balaban J connectivity index is 2.40. The number of nitrogens with zero attached hydrogens (tertiary/aromatic N) is 2. The Morgan fingerprint density at radius 1 is 1.50 bits per heavy atom. The summed E-state index contributed by atoms with van der Waals surface area (Å²) >= 11 is 0. The molecule has 0 aromatic carbocycles. The fourth-order valence-corrected chi connectivity index (χ4v) is 2.55. The zero-order chi connectivity index (χ0) is 13.0. The fourth-order valence-electron chi connectivity index (χ4n) is 2.55. The maximum atomic E-state index is 11.7. The van der Waals surface area contributed by atoms with Crippen LogP contribution in [0, 0.1) is 11.3 Å². The molecule has 1 saturated carbocycles. The van der Waals surface area contributed by atoms with Crippen LogP contribution in [-0.2, 0) is 10.3 Å². The SMILES string of the molecule is CCOC1(c2ncc(C#N)c(=O)[nH]2)CCCCC1. The number of hydrogen-bond donors (Lipinski definition) is 1. The summed E-state index contributed by atoms with van der Waals surface area (Å²) in [6.07, 6.45) is 6.41. The number of nitriles is 1. The number of H-pyrrole nitrogens is 1. The summed E-state index contributed by atoms with van der Waals surface area (Å²) in [6.45, 7) is 2.53. The van der Waals surface area contributed by atoms with Crippen LogP contribution in [0.15, 0.2) is 11.0 Å². The van der Waals surface area contributed by atoms with Gasteiger partial charge in [-0.3, -0.25) is 4.79 Å². The molecule has 0 radical (unpaired) electrons. The van der Waals surface area contributed by atoms with E-state index in [1.165, 1.54) is 12.6 Å². The van der Waals surface area contributed by atoms with E-state index in [4.69, 9.17) is 10.00 Å². The third kappa shape index (κ3) is 2.29.